The van der Waals surface area contributed by atoms with E-state index in [1.807, 2.05) is 0 Å². The van der Waals surface area contributed by atoms with E-state index < -0.39 is 36.9 Å². The van der Waals surface area contributed by atoms with Gasteiger partial charge >= 0.3 is 0 Å². The van der Waals surface area contributed by atoms with Crippen molar-refractivity contribution in [3.63, 3.8) is 0 Å². The lowest BCUT2D eigenvalue weighted by Gasteiger charge is -2.38. The Morgan fingerprint density at radius 2 is 2.14 bits per heavy atom. The van der Waals surface area contributed by atoms with Gasteiger partial charge in [0.25, 0.3) is 5.92 Å². The molecule has 9 nitrogen and oxygen atoms in total. The van der Waals surface area contributed by atoms with Gasteiger partial charge in [0, 0.05) is 13.5 Å². The molecule has 1 aromatic carbocycles. The zero-order valence-corrected chi connectivity index (χ0v) is 19.5. The van der Waals surface area contributed by atoms with Gasteiger partial charge in [-0.1, -0.05) is 6.07 Å². The lowest BCUT2D eigenvalue weighted by Crippen LogP contribution is -2.55. The van der Waals surface area contributed by atoms with Crippen molar-refractivity contribution in [3.8, 4) is 17.0 Å². The van der Waals surface area contributed by atoms with E-state index in [1.54, 1.807) is 22.8 Å². The minimum absolute atomic E-state index is 0.0197. The Labute approximate surface area is 202 Å². The van der Waals surface area contributed by atoms with E-state index in [9.17, 15) is 18.0 Å². The number of carbonyl (C=O) groups is 1. The molecule has 0 bridgehead atoms. The van der Waals surface area contributed by atoms with Crippen LogP contribution >= 0.6 is 0 Å². The first kappa shape index (κ1) is 23.8. The fraction of sp³-hybridized carbons (Fsp3) is 0.391. The van der Waals surface area contributed by atoms with Crippen LogP contribution in [0.1, 0.15) is 13.3 Å². The van der Waals surface area contributed by atoms with Crippen LogP contribution in [0.2, 0.25) is 0 Å². The van der Waals surface area contributed by atoms with Gasteiger partial charge in [-0.2, -0.15) is 4.98 Å². The highest BCUT2D eigenvalue weighted by molar-refractivity contribution is 5.90. The monoisotopic (exact) mass is 505 g/mol. The van der Waals surface area contributed by atoms with Crippen LogP contribution in [-0.4, -0.2) is 73.8 Å². The summed E-state index contributed by atoms with van der Waals surface area (Å²) in [7, 11) is 1.33. The second-order valence-corrected chi connectivity index (χ2v) is 8.61. The van der Waals surface area contributed by atoms with Gasteiger partial charge in [0.05, 0.1) is 55.4 Å². The molecule has 3 aromatic heterocycles. The number of hydrogen-bond acceptors (Lipinski definition) is 6. The summed E-state index contributed by atoms with van der Waals surface area (Å²) in [6.07, 6.45) is 2.61. The van der Waals surface area contributed by atoms with Gasteiger partial charge in [-0.15, -0.1) is 5.10 Å². The molecule has 5 rings (SSSR count). The van der Waals surface area contributed by atoms with E-state index >= 15 is 4.39 Å². The van der Waals surface area contributed by atoms with E-state index in [1.165, 1.54) is 24.9 Å². The Bertz CT molecular complexity index is 1450. The number of hydrogen-bond donors (Lipinski definition) is 1. The summed E-state index contributed by atoms with van der Waals surface area (Å²) >= 11 is 0. The van der Waals surface area contributed by atoms with Crippen molar-refractivity contribution in [1.29, 1.82) is 0 Å². The number of aryl methyl sites for hydroxylation is 1. The van der Waals surface area contributed by atoms with E-state index in [0.29, 0.717) is 16.6 Å². The SMILES string of the molecule is COc1nc(N[C@@H]2CCN(C(C)=O)CC2(F)F)nn2cc(F)c(-c3ccc4ncn(CCF)c4c3)c12. The number of halogens is 4. The molecular formula is C23H23F4N7O2. The van der Waals surface area contributed by atoms with Crippen molar-refractivity contribution in [2.24, 2.45) is 0 Å². The number of fused-ring (bicyclic) bond motifs is 2. The van der Waals surface area contributed by atoms with E-state index in [2.05, 4.69) is 20.4 Å². The number of imidazole rings is 1. The summed E-state index contributed by atoms with van der Waals surface area (Å²) in [5.74, 6) is -4.46. The quantitative estimate of drug-likeness (QED) is 0.404. The van der Waals surface area contributed by atoms with Gasteiger partial charge in [-0.3, -0.25) is 4.79 Å². The average Bonchev–Trinajstić information content (AvgIpc) is 3.39. The minimum Gasteiger partial charge on any atom is -0.479 e. The lowest BCUT2D eigenvalue weighted by molar-refractivity contribution is -0.140. The fourth-order valence-corrected chi connectivity index (χ4v) is 4.52. The number of benzene rings is 1. The van der Waals surface area contributed by atoms with Gasteiger partial charge < -0.3 is 19.5 Å². The second kappa shape index (κ2) is 8.95. The molecule has 0 radical (unpaired) electrons. The maximum absolute atomic E-state index is 15.2. The molecule has 1 aliphatic rings. The number of aromatic nitrogens is 5. The Morgan fingerprint density at radius 3 is 2.83 bits per heavy atom. The van der Waals surface area contributed by atoms with Crippen molar-refractivity contribution >= 4 is 28.4 Å². The summed E-state index contributed by atoms with van der Waals surface area (Å²) in [4.78, 5) is 21.0. The molecule has 4 aromatic rings. The lowest BCUT2D eigenvalue weighted by atomic mass is 10.0. The zero-order valence-electron chi connectivity index (χ0n) is 19.5. The third-order valence-corrected chi connectivity index (χ3v) is 6.33. The van der Waals surface area contributed by atoms with Crippen LogP contribution < -0.4 is 10.1 Å². The molecule has 1 fully saturated rings. The third-order valence-electron chi connectivity index (χ3n) is 6.33. The van der Waals surface area contributed by atoms with Crippen LogP contribution in [0, 0.1) is 5.82 Å². The fourth-order valence-electron chi connectivity index (χ4n) is 4.52. The van der Waals surface area contributed by atoms with Gasteiger partial charge in [0.2, 0.25) is 17.7 Å². The van der Waals surface area contributed by atoms with Crippen LogP contribution in [0.3, 0.4) is 0 Å². The highest BCUT2D eigenvalue weighted by Gasteiger charge is 2.46. The predicted octanol–water partition coefficient (Wildman–Crippen LogP) is 3.53. The topological polar surface area (TPSA) is 89.6 Å². The molecule has 4 heterocycles. The molecule has 0 spiro atoms. The summed E-state index contributed by atoms with van der Waals surface area (Å²) in [5, 5.41) is 6.82. The van der Waals surface area contributed by atoms with E-state index in [0.717, 1.165) is 11.1 Å². The molecule has 13 heteroatoms. The number of ether oxygens (including phenoxy) is 1. The molecule has 1 atom stereocenters. The molecule has 0 aliphatic carbocycles. The molecule has 36 heavy (non-hydrogen) atoms. The number of nitrogens with one attached hydrogen (secondary N) is 1. The van der Waals surface area contributed by atoms with Gasteiger partial charge in [-0.25, -0.2) is 27.1 Å². The van der Waals surface area contributed by atoms with Crippen molar-refractivity contribution in [2.75, 3.05) is 32.2 Å². The first-order chi connectivity index (χ1) is 17.2. The van der Waals surface area contributed by atoms with Crippen LogP contribution in [-0.2, 0) is 11.3 Å². The number of methoxy groups -OCH3 is 1. The van der Waals surface area contributed by atoms with Gasteiger partial charge in [0.1, 0.15) is 12.2 Å². The number of anilines is 1. The van der Waals surface area contributed by atoms with Gasteiger partial charge in [-0.05, 0) is 24.1 Å². The summed E-state index contributed by atoms with van der Waals surface area (Å²) < 4.78 is 65.7. The maximum Gasteiger partial charge on any atom is 0.285 e. The number of rotatable bonds is 6. The largest absolute Gasteiger partial charge is 0.479 e. The molecule has 190 valence electrons. The van der Waals surface area contributed by atoms with E-state index in [4.69, 9.17) is 4.74 Å². The number of piperidine rings is 1. The van der Waals surface area contributed by atoms with Crippen LogP contribution in [0.5, 0.6) is 5.88 Å². The third kappa shape index (κ3) is 4.07. The number of nitrogens with zero attached hydrogens (tertiary/aromatic N) is 6. The average molecular weight is 505 g/mol. The molecule has 0 saturated carbocycles. The van der Waals surface area contributed by atoms with Crippen molar-refractivity contribution in [2.45, 2.75) is 31.9 Å². The van der Waals surface area contributed by atoms with Crippen LogP contribution in [0.4, 0.5) is 23.5 Å². The number of amides is 1. The highest BCUT2D eigenvalue weighted by Crippen LogP contribution is 2.36. The molecule has 1 amide bonds. The molecule has 0 unspecified atom stereocenters. The first-order valence-electron chi connectivity index (χ1n) is 11.3. The molecular weight excluding hydrogens is 482 g/mol. The summed E-state index contributed by atoms with van der Waals surface area (Å²) in [6, 6.07) is 3.72. The van der Waals surface area contributed by atoms with Crippen LogP contribution in [0.25, 0.3) is 27.7 Å². The smallest absolute Gasteiger partial charge is 0.285 e. The van der Waals surface area contributed by atoms with Crippen molar-refractivity contribution < 1.29 is 27.1 Å². The Morgan fingerprint density at radius 1 is 1.33 bits per heavy atom. The Balaban J connectivity index is 1.53. The second-order valence-electron chi connectivity index (χ2n) is 8.61. The van der Waals surface area contributed by atoms with Gasteiger partial charge in [0.15, 0.2) is 5.82 Å². The zero-order chi connectivity index (χ0) is 25.6. The number of likely N-dealkylation sites (tertiary alicyclic amines) is 1. The standard InChI is InChI=1S/C23H23F4N7O2/c1-13(35)32-7-5-18(23(26,27)11-32)29-22-30-21(36-2)20-19(15(25)10-34(20)31-22)14-3-4-16-17(9-14)33(8-6-24)12-28-16/h3-4,9-10,12,18H,5-8,11H2,1-2H3,(H,29,31)/t18-/m1/s1. The maximum atomic E-state index is 15.2. The highest BCUT2D eigenvalue weighted by atomic mass is 19.3. The predicted molar refractivity (Wildman–Crippen MR) is 123 cm³/mol. The Hall–Kier alpha value is -3.90. The summed E-state index contributed by atoms with van der Waals surface area (Å²) in [5.41, 5.74) is 2.07. The first-order valence-corrected chi connectivity index (χ1v) is 11.3. The summed E-state index contributed by atoms with van der Waals surface area (Å²) in [6.45, 7) is 0.214. The number of carbonyl (C=O) groups excluding carboxylic acids is 1. The van der Waals surface area contributed by atoms with Crippen molar-refractivity contribution in [3.05, 3.63) is 36.5 Å². The van der Waals surface area contributed by atoms with Crippen molar-refractivity contribution in [1.82, 2.24) is 29.0 Å². The van der Waals surface area contributed by atoms with E-state index in [-0.39, 0.29) is 42.4 Å². The normalized spacial score (nSPS) is 17.6. The molecule has 1 N–H and O–H groups in total. The number of alkyl halides is 3. The molecule has 1 saturated heterocycles. The molecule has 1 aliphatic heterocycles. The van der Waals surface area contributed by atoms with Crippen LogP contribution in [0.15, 0.2) is 30.7 Å². The minimum atomic E-state index is -3.22. The Kier molecular flexibility index (Phi) is 5.92.